The highest BCUT2D eigenvalue weighted by atomic mass is 35.5. The summed E-state index contributed by atoms with van der Waals surface area (Å²) in [4.78, 5) is 29.2. The van der Waals surface area contributed by atoms with Gasteiger partial charge in [0.05, 0.1) is 4.88 Å². The van der Waals surface area contributed by atoms with Gasteiger partial charge < -0.3 is 10.7 Å². The molecule has 0 spiro atoms. The van der Waals surface area contributed by atoms with Gasteiger partial charge in [0.15, 0.2) is 0 Å². The number of hydrogen-bond donors (Lipinski definition) is 3. The van der Waals surface area contributed by atoms with Crippen LogP contribution in [0.4, 0.5) is 0 Å². The van der Waals surface area contributed by atoms with Crippen molar-refractivity contribution < 1.29 is 9.59 Å². The molecule has 44 heavy (non-hydrogen) atoms. The van der Waals surface area contributed by atoms with E-state index in [-0.39, 0.29) is 11.8 Å². The van der Waals surface area contributed by atoms with Crippen molar-refractivity contribution in [2.24, 2.45) is 16.2 Å². The van der Waals surface area contributed by atoms with Gasteiger partial charge in [-0.15, -0.1) is 11.3 Å². The first-order chi connectivity index (χ1) is 21.4. The SMILES string of the molecule is N=C(/N=N\N)NC(=O)c1ccc(CN(CC(c2ccccc2)c2ccccc2)C(=O)c2cc(-c3ccc(Cl)cc3)cs2)cc1. The second kappa shape index (κ2) is 14.4. The molecule has 4 aromatic carbocycles. The van der Waals surface area contributed by atoms with Crippen molar-refractivity contribution in [1.29, 1.82) is 5.41 Å². The molecule has 2 amide bonds. The summed E-state index contributed by atoms with van der Waals surface area (Å²) in [6, 6.07) is 36.7. The Balaban J connectivity index is 1.45. The lowest BCUT2D eigenvalue weighted by molar-refractivity contribution is 0.0742. The van der Waals surface area contributed by atoms with E-state index in [0.717, 1.165) is 27.8 Å². The molecule has 0 saturated heterocycles. The molecule has 0 saturated carbocycles. The second-order valence-corrected chi connectivity index (χ2v) is 11.3. The van der Waals surface area contributed by atoms with Gasteiger partial charge in [-0.3, -0.25) is 20.3 Å². The van der Waals surface area contributed by atoms with Crippen LogP contribution >= 0.6 is 22.9 Å². The van der Waals surface area contributed by atoms with Crippen molar-refractivity contribution in [3.05, 3.63) is 153 Å². The smallest absolute Gasteiger partial charge is 0.264 e. The second-order valence-electron chi connectivity index (χ2n) is 9.98. The van der Waals surface area contributed by atoms with Gasteiger partial charge in [0.1, 0.15) is 0 Å². The topological polar surface area (TPSA) is 124 Å². The van der Waals surface area contributed by atoms with Gasteiger partial charge in [-0.05, 0) is 63.5 Å². The molecule has 0 aliphatic rings. The van der Waals surface area contributed by atoms with Gasteiger partial charge >= 0.3 is 0 Å². The summed E-state index contributed by atoms with van der Waals surface area (Å²) >= 11 is 7.49. The first kappa shape index (κ1) is 30.3. The number of rotatable bonds is 9. The maximum atomic E-state index is 14.2. The van der Waals surface area contributed by atoms with Crippen molar-refractivity contribution >= 4 is 40.7 Å². The Morgan fingerprint density at radius 2 is 1.48 bits per heavy atom. The third-order valence-corrected chi connectivity index (χ3v) is 8.23. The minimum Gasteiger partial charge on any atom is -0.333 e. The molecule has 8 nitrogen and oxygen atoms in total. The molecular formula is C34H29ClN6O2S. The van der Waals surface area contributed by atoms with E-state index in [1.165, 1.54) is 11.3 Å². The van der Waals surface area contributed by atoms with Gasteiger partial charge in [0.25, 0.3) is 11.8 Å². The summed E-state index contributed by atoms with van der Waals surface area (Å²) in [5.41, 5.74) is 5.33. The molecule has 220 valence electrons. The summed E-state index contributed by atoms with van der Waals surface area (Å²) in [6.07, 6.45) is 0. The number of nitrogens with one attached hydrogen (secondary N) is 2. The fourth-order valence-electron chi connectivity index (χ4n) is 4.86. The third-order valence-electron chi connectivity index (χ3n) is 7.06. The van der Waals surface area contributed by atoms with Crippen molar-refractivity contribution in [3.8, 4) is 11.1 Å². The number of nitrogens with two attached hydrogens (primary N) is 1. The monoisotopic (exact) mass is 620 g/mol. The molecule has 0 aliphatic heterocycles. The molecule has 1 aromatic heterocycles. The van der Waals surface area contributed by atoms with E-state index in [1.54, 1.807) is 24.3 Å². The highest BCUT2D eigenvalue weighted by Gasteiger charge is 2.24. The number of carbonyl (C=O) groups is 2. The van der Waals surface area contributed by atoms with Gasteiger partial charge in [-0.2, -0.15) is 0 Å². The summed E-state index contributed by atoms with van der Waals surface area (Å²) in [5, 5.41) is 18.8. The average molecular weight is 621 g/mol. The number of amides is 2. The fraction of sp³-hybridized carbons (Fsp3) is 0.0882. The molecule has 0 fully saturated rings. The number of hydrogen-bond acceptors (Lipinski definition) is 5. The predicted molar refractivity (Wildman–Crippen MR) is 175 cm³/mol. The van der Waals surface area contributed by atoms with Crippen LogP contribution in [0, 0.1) is 5.41 Å². The minimum atomic E-state index is -0.511. The average Bonchev–Trinajstić information content (AvgIpc) is 3.55. The van der Waals surface area contributed by atoms with E-state index in [2.05, 4.69) is 39.9 Å². The molecule has 0 unspecified atom stereocenters. The summed E-state index contributed by atoms with van der Waals surface area (Å²) < 4.78 is 0. The Morgan fingerprint density at radius 3 is 2.07 bits per heavy atom. The quantitative estimate of drug-likeness (QED) is 0.0518. The molecular weight excluding hydrogens is 592 g/mol. The maximum absolute atomic E-state index is 14.2. The van der Waals surface area contributed by atoms with Crippen LogP contribution in [-0.2, 0) is 6.54 Å². The zero-order valence-corrected chi connectivity index (χ0v) is 25.1. The number of guanidine groups is 1. The molecule has 0 aliphatic carbocycles. The zero-order valence-electron chi connectivity index (χ0n) is 23.6. The molecule has 10 heteroatoms. The van der Waals surface area contributed by atoms with Crippen LogP contribution in [0.3, 0.4) is 0 Å². The number of nitrogens with zero attached hydrogens (tertiary/aromatic N) is 3. The van der Waals surface area contributed by atoms with Crippen LogP contribution in [-0.4, -0.2) is 29.2 Å². The van der Waals surface area contributed by atoms with Crippen molar-refractivity contribution in [2.45, 2.75) is 12.5 Å². The standard InChI is InChI=1S/C34H29ClN6O2S/c35-29-17-15-24(16-18-29)28-19-31(44-22-28)33(43)41(20-23-11-13-27(14-12-23)32(42)38-34(36)39-40-37)21-30(25-7-3-1-4-8-25)26-9-5-2-6-10-26/h1-19,22,30H,20-21H2,(H4,36,37,38,39,42). The largest absolute Gasteiger partial charge is 0.333 e. The van der Waals surface area contributed by atoms with Gasteiger partial charge in [-0.25, -0.2) is 0 Å². The number of halogens is 1. The Morgan fingerprint density at radius 1 is 0.864 bits per heavy atom. The molecule has 1 heterocycles. The first-order valence-electron chi connectivity index (χ1n) is 13.7. The highest BCUT2D eigenvalue weighted by Crippen LogP contribution is 2.31. The number of benzene rings is 4. The summed E-state index contributed by atoms with van der Waals surface area (Å²) in [6.45, 7) is 0.757. The van der Waals surface area contributed by atoms with E-state index in [1.807, 2.05) is 77.0 Å². The van der Waals surface area contributed by atoms with E-state index in [9.17, 15) is 9.59 Å². The molecule has 0 atom stereocenters. The predicted octanol–water partition coefficient (Wildman–Crippen LogP) is 7.53. The fourth-order valence-corrected chi connectivity index (χ4v) is 5.86. The molecule has 0 bridgehead atoms. The van der Waals surface area contributed by atoms with Crippen LogP contribution in [0.15, 0.2) is 131 Å². The lowest BCUT2D eigenvalue weighted by Gasteiger charge is -2.28. The van der Waals surface area contributed by atoms with Crippen LogP contribution in [0.25, 0.3) is 11.1 Å². The van der Waals surface area contributed by atoms with Crippen LogP contribution in [0.5, 0.6) is 0 Å². The lowest BCUT2D eigenvalue weighted by Crippen LogP contribution is -2.34. The van der Waals surface area contributed by atoms with E-state index < -0.39 is 11.9 Å². The zero-order chi connectivity index (χ0) is 30.9. The molecule has 0 radical (unpaired) electrons. The Labute approximate surface area is 264 Å². The third kappa shape index (κ3) is 7.63. The van der Waals surface area contributed by atoms with Crippen molar-refractivity contribution in [2.75, 3.05) is 6.54 Å². The lowest BCUT2D eigenvalue weighted by atomic mass is 9.90. The maximum Gasteiger partial charge on any atom is 0.264 e. The van der Waals surface area contributed by atoms with Crippen molar-refractivity contribution in [3.63, 3.8) is 0 Å². The van der Waals surface area contributed by atoms with Crippen LogP contribution in [0.2, 0.25) is 5.02 Å². The number of carbonyl (C=O) groups excluding carboxylic acids is 2. The van der Waals surface area contributed by atoms with Crippen LogP contribution < -0.4 is 11.2 Å². The van der Waals surface area contributed by atoms with Crippen molar-refractivity contribution in [1.82, 2.24) is 10.2 Å². The summed E-state index contributed by atoms with van der Waals surface area (Å²) in [7, 11) is 0. The van der Waals surface area contributed by atoms with Gasteiger partial charge in [0.2, 0.25) is 5.96 Å². The minimum absolute atomic E-state index is 0.0650. The normalized spacial score (nSPS) is 11.0. The Bertz CT molecular complexity index is 1720. The molecule has 4 N–H and O–H groups in total. The van der Waals surface area contributed by atoms with Gasteiger partial charge in [0, 0.05) is 29.6 Å². The van der Waals surface area contributed by atoms with Gasteiger partial charge in [-0.1, -0.05) is 107 Å². The molecule has 5 rings (SSSR count). The van der Waals surface area contributed by atoms with E-state index in [0.29, 0.717) is 28.6 Å². The van der Waals surface area contributed by atoms with E-state index >= 15 is 0 Å². The van der Waals surface area contributed by atoms with E-state index in [4.69, 9.17) is 22.9 Å². The Kier molecular flexibility index (Phi) is 9.91. The number of thiophene rings is 1. The molecule has 5 aromatic rings. The highest BCUT2D eigenvalue weighted by molar-refractivity contribution is 7.12. The van der Waals surface area contributed by atoms with Crippen LogP contribution in [0.1, 0.15) is 42.6 Å². The Hall–Kier alpha value is -5.12. The first-order valence-corrected chi connectivity index (χ1v) is 15.0. The summed E-state index contributed by atoms with van der Waals surface area (Å²) in [5.74, 6) is 3.83.